The predicted molar refractivity (Wildman–Crippen MR) is 94.2 cm³/mol. The molecule has 5 heteroatoms. The molecule has 1 atom stereocenters. The normalized spacial score (nSPS) is 12.0. The molecular formula is C16H19BrN2OS. The number of thiophene rings is 1. The van der Waals surface area contributed by atoms with Crippen molar-refractivity contribution in [1.82, 2.24) is 0 Å². The summed E-state index contributed by atoms with van der Waals surface area (Å²) in [4.78, 5) is 12.8. The van der Waals surface area contributed by atoms with Crippen molar-refractivity contribution < 1.29 is 4.79 Å². The number of hydrogen-bond donors (Lipinski definition) is 2. The van der Waals surface area contributed by atoms with Gasteiger partial charge in [0.2, 0.25) is 5.91 Å². The minimum atomic E-state index is 0.0278. The van der Waals surface area contributed by atoms with Crippen LogP contribution in [0.5, 0.6) is 0 Å². The summed E-state index contributed by atoms with van der Waals surface area (Å²) in [5, 5.41) is 8.48. The molecule has 0 radical (unpaired) electrons. The highest BCUT2D eigenvalue weighted by atomic mass is 79.9. The van der Waals surface area contributed by atoms with E-state index >= 15 is 0 Å². The summed E-state index contributed by atoms with van der Waals surface area (Å²) in [7, 11) is 0. The molecule has 1 unspecified atom stereocenters. The zero-order valence-electron chi connectivity index (χ0n) is 12.4. The van der Waals surface area contributed by atoms with E-state index in [1.165, 1.54) is 4.88 Å². The molecule has 0 aliphatic carbocycles. The molecule has 0 aliphatic heterocycles. The second kappa shape index (κ2) is 7.09. The van der Waals surface area contributed by atoms with Gasteiger partial charge in [-0.15, -0.1) is 11.3 Å². The molecule has 112 valence electrons. The van der Waals surface area contributed by atoms with Gasteiger partial charge >= 0.3 is 0 Å². The van der Waals surface area contributed by atoms with Crippen LogP contribution >= 0.6 is 27.3 Å². The average Bonchev–Trinajstić information content (AvgIpc) is 2.89. The summed E-state index contributed by atoms with van der Waals surface area (Å²) < 4.78 is 1.11. The minimum Gasteiger partial charge on any atom is -0.377 e. The Bertz CT molecular complexity index is 639. The van der Waals surface area contributed by atoms with Crippen LogP contribution in [0.3, 0.4) is 0 Å². The van der Waals surface area contributed by atoms with Gasteiger partial charge in [-0.1, -0.05) is 13.0 Å². The summed E-state index contributed by atoms with van der Waals surface area (Å²) in [5.41, 5.74) is 3.03. The van der Waals surface area contributed by atoms with Crippen LogP contribution in [0.2, 0.25) is 0 Å². The quantitative estimate of drug-likeness (QED) is 0.749. The maximum absolute atomic E-state index is 11.5. The first-order valence-corrected chi connectivity index (χ1v) is 8.58. The largest absolute Gasteiger partial charge is 0.377 e. The summed E-state index contributed by atoms with van der Waals surface area (Å²) in [6.07, 6.45) is 0.482. The Morgan fingerprint density at radius 2 is 2.14 bits per heavy atom. The molecule has 3 nitrogen and oxygen atoms in total. The van der Waals surface area contributed by atoms with Gasteiger partial charge in [0.15, 0.2) is 0 Å². The number of anilines is 2. The molecule has 0 fully saturated rings. The maximum Gasteiger partial charge on any atom is 0.224 e. The van der Waals surface area contributed by atoms with E-state index in [4.69, 9.17) is 0 Å². The molecule has 1 heterocycles. The first kappa shape index (κ1) is 16.0. The van der Waals surface area contributed by atoms with E-state index in [9.17, 15) is 4.79 Å². The summed E-state index contributed by atoms with van der Waals surface area (Å²) in [6.45, 7) is 6.04. The summed E-state index contributed by atoms with van der Waals surface area (Å²) >= 11 is 5.20. The Labute approximate surface area is 137 Å². The SMILES string of the molecule is CCC(=O)Nc1ccc(C)c(NC(C)c2cc(Br)cs2)c1. The third-order valence-electron chi connectivity index (χ3n) is 3.23. The van der Waals surface area contributed by atoms with Gasteiger partial charge in [0, 0.05) is 32.5 Å². The van der Waals surface area contributed by atoms with Gasteiger partial charge in [0.1, 0.15) is 0 Å². The van der Waals surface area contributed by atoms with E-state index < -0.39 is 0 Å². The van der Waals surface area contributed by atoms with Crippen molar-refractivity contribution in [1.29, 1.82) is 0 Å². The second-order valence-corrected chi connectivity index (χ2v) is 6.82. The van der Waals surface area contributed by atoms with Crippen LogP contribution in [0, 0.1) is 6.92 Å². The highest BCUT2D eigenvalue weighted by molar-refractivity contribution is 9.10. The van der Waals surface area contributed by atoms with Gasteiger partial charge in [-0.25, -0.2) is 0 Å². The van der Waals surface area contributed by atoms with Gasteiger partial charge in [-0.3, -0.25) is 4.79 Å². The van der Waals surface area contributed by atoms with Crippen molar-refractivity contribution in [3.63, 3.8) is 0 Å². The molecule has 0 bridgehead atoms. The number of nitrogens with one attached hydrogen (secondary N) is 2. The van der Waals surface area contributed by atoms with Crippen LogP contribution in [0.1, 0.15) is 36.8 Å². The molecule has 1 aromatic heterocycles. The molecule has 2 aromatic rings. The smallest absolute Gasteiger partial charge is 0.224 e. The number of carbonyl (C=O) groups excluding carboxylic acids is 1. The van der Waals surface area contributed by atoms with Crippen molar-refractivity contribution >= 4 is 44.5 Å². The third-order valence-corrected chi connectivity index (χ3v) is 5.11. The van der Waals surface area contributed by atoms with E-state index in [0.717, 1.165) is 21.4 Å². The molecule has 1 aromatic carbocycles. The lowest BCUT2D eigenvalue weighted by molar-refractivity contribution is -0.115. The molecule has 0 saturated carbocycles. The van der Waals surface area contributed by atoms with Crippen molar-refractivity contribution in [2.45, 2.75) is 33.2 Å². The van der Waals surface area contributed by atoms with Crippen LogP contribution in [0.25, 0.3) is 0 Å². The average molecular weight is 367 g/mol. The van der Waals surface area contributed by atoms with Gasteiger partial charge in [0.05, 0.1) is 6.04 Å². The molecule has 0 saturated heterocycles. The number of halogens is 1. The van der Waals surface area contributed by atoms with Gasteiger partial charge in [-0.2, -0.15) is 0 Å². The fourth-order valence-electron chi connectivity index (χ4n) is 1.96. The second-order valence-electron chi connectivity index (χ2n) is 4.96. The Morgan fingerprint density at radius 3 is 2.76 bits per heavy atom. The molecule has 21 heavy (non-hydrogen) atoms. The number of aryl methyl sites for hydroxylation is 1. The van der Waals surface area contributed by atoms with E-state index in [0.29, 0.717) is 6.42 Å². The number of amides is 1. The maximum atomic E-state index is 11.5. The topological polar surface area (TPSA) is 41.1 Å². The highest BCUT2D eigenvalue weighted by Crippen LogP contribution is 2.30. The number of benzene rings is 1. The van der Waals surface area contributed by atoms with Crippen LogP contribution in [0.15, 0.2) is 34.1 Å². The standard InChI is InChI=1S/C16H19BrN2OS/c1-4-16(20)19-13-6-5-10(2)14(8-13)18-11(3)15-7-12(17)9-21-15/h5-9,11,18H,4H2,1-3H3,(H,19,20). The summed E-state index contributed by atoms with van der Waals surface area (Å²) in [6, 6.07) is 8.28. The molecular weight excluding hydrogens is 348 g/mol. The Hall–Kier alpha value is -1.33. The fourth-order valence-corrected chi connectivity index (χ4v) is 3.42. The number of rotatable bonds is 5. The molecule has 1 amide bonds. The van der Waals surface area contributed by atoms with E-state index in [1.54, 1.807) is 11.3 Å². The predicted octanol–water partition coefficient (Wildman–Crippen LogP) is 5.34. The lowest BCUT2D eigenvalue weighted by Crippen LogP contribution is -2.11. The van der Waals surface area contributed by atoms with E-state index in [-0.39, 0.29) is 11.9 Å². The van der Waals surface area contributed by atoms with Crippen molar-refractivity contribution in [3.05, 3.63) is 44.6 Å². The third kappa shape index (κ3) is 4.32. The van der Waals surface area contributed by atoms with Crippen molar-refractivity contribution in [2.24, 2.45) is 0 Å². The van der Waals surface area contributed by atoms with Crippen molar-refractivity contribution in [2.75, 3.05) is 10.6 Å². The number of carbonyl (C=O) groups is 1. The van der Waals surface area contributed by atoms with Gasteiger partial charge < -0.3 is 10.6 Å². The Balaban J connectivity index is 2.15. The van der Waals surface area contributed by atoms with Crippen LogP contribution in [-0.2, 0) is 4.79 Å². The van der Waals surface area contributed by atoms with Crippen LogP contribution in [0.4, 0.5) is 11.4 Å². The van der Waals surface area contributed by atoms with Crippen molar-refractivity contribution in [3.8, 4) is 0 Å². The zero-order chi connectivity index (χ0) is 15.4. The lowest BCUT2D eigenvalue weighted by atomic mass is 10.1. The summed E-state index contributed by atoms with van der Waals surface area (Å²) in [5.74, 6) is 0.0278. The molecule has 2 rings (SSSR count). The van der Waals surface area contributed by atoms with E-state index in [1.807, 2.05) is 25.1 Å². The monoisotopic (exact) mass is 366 g/mol. The van der Waals surface area contributed by atoms with Crippen LogP contribution in [-0.4, -0.2) is 5.91 Å². The Kier molecular flexibility index (Phi) is 5.42. The first-order valence-electron chi connectivity index (χ1n) is 6.90. The first-order chi connectivity index (χ1) is 9.99. The zero-order valence-corrected chi connectivity index (χ0v) is 14.8. The molecule has 0 aliphatic rings. The highest BCUT2D eigenvalue weighted by Gasteiger charge is 2.10. The minimum absolute atomic E-state index is 0.0278. The fraction of sp³-hybridized carbons (Fsp3) is 0.312. The van der Waals surface area contributed by atoms with Gasteiger partial charge in [0.25, 0.3) is 0 Å². The van der Waals surface area contributed by atoms with E-state index in [2.05, 4.69) is 51.9 Å². The molecule has 0 spiro atoms. The van der Waals surface area contributed by atoms with Crippen LogP contribution < -0.4 is 10.6 Å². The Morgan fingerprint density at radius 1 is 1.38 bits per heavy atom. The number of hydrogen-bond acceptors (Lipinski definition) is 3. The van der Waals surface area contributed by atoms with Gasteiger partial charge in [-0.05, 0) is 53.5 Å². The lowest BCUT2D eigenvalue weighted by Gasteiger charge is -2.17. The molecule has 2 N–H and O–H groups in total.